The average Bonchev–Trinajstić information content (AvgIpc) is 2.62. The molecule has 5 nitrogen and oxygen atoms in total. The topological polar surface area (TPSA) is 66.6 Å². The zero-order chi connectivity index (χ0) is 18.0. The maximum atomic E-state index is 12.7. The first-order valence-electron chi connectivity index (χ1n) is 8.58. The second-order valence-electron chi connectivity index (χ2n) is 6.71. The fraction of sp³-hybridized carbons (Fsp3) is 0.368. The van der Waals surface area contributed by atoms with Gasteiger partial charge < -0.3 is 10.6 Å². The largest absolute Gasteiger partial charge is 0.399 e. The lowest BCUT2D eigenvalue weighted by atomic mass is 10.0. The van der Waals surface area contributed by atoms with Gasteiger partial charge in [-0.15, -0.1) is 0 Å². The monoisotopic (exact) mass is 359 g/mol. The Hall–Kier alpha value is -2.05. The van der Waals surface area contributed by atoms with Crippen molar-refractivity contribution >= 4 is 21.4 Å². The Morgan fingerprint density at radius 2 is 1.44 bits per heavy atom. The van der Waals surface area contributed by atoms with Crippen LogP contribution in [0.5, 0.6) is 0 Å². The van der Waals surface area contributed by atoms with Crippen molar-refractivity contribution in [2.75, 3.05) is 36.8 Å². The number of benzene rings is 2. The molecule has 0 unspecified atom stereocenters. The van der Waals surface area contributed by atoms with Crippen molar-refractivity contribution in [1.82, 2.24) is 4.31 Å². The van der Waals surface area contributed by atoms with Crippen molar-refractivity contribution in [3.63, 3.8) is 0 Å². The minimum absolute atomic E-state index is 0.302. The molecule has 1 fully saturated rings. The summed E-state index contributed by atoms with van der Waals surface area (Å²) >= 11 is 0. The van der Waals surface area contributed by atoms with Crippen LogP contribution in [0.25, 0.3) is 0 Å². The number of sulfonamides is 1. The Labute approximate surface area is 150 Å². The van der Waals surface area contributed by atoms with Gasteiger partial charge in [-0.25, -0.2) is 8.42 Å². The van der Waals surface area contributed by atoms with E-state index >= 15 is 0 Å². The molecule has 1 heterocycles. The van der Waals surface area contributed by atoms with E-state index in [1.807, 2.05) is 0 Å². The van der Waals surface area contributed by atoms with Crippen LogP contribution in [0.1, 0.15) is 25.3 Å². The molecule has 0 amide bonds. The number of rotatable bonds is 4. The molecule has 0 aliphatic carbocycles. The van der Waals surface area contributed by atoms with Crippen LogP contribution < -0.4 is 10.6 Å². The molecule has 2 aromatic rings. The van der Waals surface area contributed by atoms with E-state index in [0.29, 0.717) is 42.7 Å². The first-order valence-corrected chi connectivity index (χ1v) is 10.0. The molecular weight excluding hydrogens is 334 g/mol. The predicted molar refractivity (Wildman–Crippen MR) is 102 cm³/mol. The minimum Gasteiger partial charge on any atom is -0.399 e. The van der Waals surface area contributed by atoms with Crippen LogP contribution in [0.2, 0.25) is 0 Å². The van der Waals surface area contributed by atoms with Crippen LogP contribution in [0.3, 0.4) is 0 Å². The van der Waals surface area contributed by atoms with Crippen LogP contribution in [0.4, 0.5) is 11.4 Å². The molecule has 1 aliphatic heterocycles. The SMILES string of the molecule is CC(C)c1ccc(N2CCN(S(=O)(=O)c3ccc(N)cc3)CC2)cc1. The van der Waals surface area contributed by atoms with E-state index < -0.39 is 10.0 Å². The molecule has 0 radical (unpaired) electrons. The summed E-state index contributed by atoms with van der Waals surface area (Å²) in [6, 6.07) is 14.9. The highest BCUT2D eigenvalue weighted by molar-refractivity contribution is 7.89. The maximum Gasteiger partial charge on any atom is 0.243 e. The summed E-state index contributed by atoms with van der Waals surface area (Å²) in [6.45, 7) is 6.70. The summed E-state index contributed by atoms with van der Waals surface area (Å²) < 4.78 is 27.0. The molecule has 134 valence electrons. The van der Waals surface area contributed by atoms with E-state index in [9.17, 15) is 8.42 Å². The number of anilines is 2. The van der Waals surface area contributed by atoms with E-state index in [1.54, 1.807) is 28.6 Å². The average molecular weight is 359 g/mol. The lowest BCUT2D eigenvalue weighted by Gasteiger charge is -2.35. The van der Waals surface area contributed by atoms with Gasteiger partial charge in [0, 0.05) is 37.6 Å². The van der Waals surface area contributed by atoms with Gasteiger partial charge in [-0.3, -0.25) is 0 Å². The van der Waals surface area contributed by atoms with Crippen LogP contribution in [-0.2, 0) is 10.0 Å². The van der Waals surface area contributed by atoms with Crippen molar-refractivity contribution in [3.05, 3.63) is 54.1 Å². The second-order valence-corrected chi connectivity index (χ2v) is 8.64. The number of hydrogen-bond donors (Lipinski definition) is 1. The van der Waals surface area contributed by atoms with Gasteiger partial charge in [0.05, 0.1) is 4.90 Å². The van der Waals surface area contributed by atoms with Crippen molar-refractivity contribution in [1.29, 1.82) is 0 Å². The van der Waals surface area contributed by atoms with Crippen LogP contribution in [0, 0.1) is 0 Å². The first-order chi connectivity index (χ1) is 11.9. The lowest BCUT2D eigenvalue weighted by Crippen LogP contribution is -2.48. The fourth-order valence-electron chi connectivity index (χ4n) is 3.05. The molecule has 0 aromatic heterocycles. The Kier molecular flexibility index (Phi) is 5.01. The third kappa shape index (κ3) is 3.80. The van der Waals surface area contributed by atoms with Gasteiger partial charge in [0.1, 0.15) is 0 Å². The van der Waals surface area contributed by atoms with Gasteiger partial charge in [0.15, 0.2) is 0 Å². The summed E-state index contributed by atoms with van der Waals surface area (Å²) in [7, 11) is -3.45. The zero-order valence-electron chi connectivity index (χ0n) is 14.7. The number of hydrogen-bond acceptors (Lipinski definition) is 4. The van der Waals surface area contributed by atoms with Crippen molar-refractivity contribution in [2.24, 2.45) is 0 Å². The molecule has 25 heavy (non-hydrogen) atoms. The highest BCUT2D eigenvalue weighted by Gasteiger charge is 2.28. The van der Waals surface area contributed by atoms with Crippen molar-refractivity contribution in [3.8, 4) is 0 Å². The highest BCUT2D eigenvalue weighted by atomic mass is 32.2. The summed E-state index contributed by atoms with van der Waals surface area (Å²) in [5, 5.41) is 0. The number of nitrogens with two attached hydrogens (primary N) is 1. The van der Waals surface area contributed by atoms with Crippen LogP contribution >= 0.6 is 0 Å². The van der Waals surface area contributed by atoms with Gasteiger partial charge in [-0.1, -0.05) is 26.0 Å². The fourth-order valence-corrected chi connectivity index (χ4v) is 4.47. The summed E-state index contributed by atoms with van der Waals surface area (Å²) in [4.78, 5) is 2.54. The summed E-state index contributed by atoms with van der Waals surface area (Å²) in [6.07, 6.45) is 0. The Bertz CT molecular complexity index is 807. The second kappa shape index (κ2) is 7.06. The normalized spacial score (nSPS) is 16.4. The maximum absolute atomic E-state index is 12.7. The Morgan fingerprint density at radius 1 is 0.880 bits per heavy atom. The molecule has 0 spiro atoms. The molecule has 3 rings (SSSR count). The Morgan fingerprint density at radius 3 is 1.96 bits per heavy atom. The van der Waals surface area contributed by atoms with Crippen LogP contribution in [0.15, 0.2) is 53.4 Å². The molecule has 0 bridgehead atoms. The lowest BCUT2D eigenvalue weighted by molar-refractivity contribution is 0.385. The predicted octanol–water partition coefficient (Wildman–Crippen LogP) is 2.90. The molecule has 0 atom stereocenters. The van der Waals surface area contributed by atoms with E-state index in [4.69, 9.17) is 5.73 Å². The van der Waals surface area contributed by atoms with E-state index in [2.05, 4.69) is 43.0 Å². The van der Waals surface area contributed by atoms with Gasteiger partial charge in [-0.2, -0.15) is 4.31 Å². The summed E-state index contributed by atoms with van der Waals surface area (Å²) in [5.41, 5.74) is 8.67. The first kappa shape index (κ1) is 17.8. The zero-order valence-corrected chi connectivity index (χ0v) is 15.5. The van der Waals surface area contributed by atoms with E-state index in [1.165, 1.54) is 5.56 Å². The molecule has 0 saturated carbocycles. The summed E-state index contributed by atoms with van der Waals surface area (Å²) in [5.74, 6) is 0.510. The smallest absolute Gasteiger partial charge is 0.243 e. The van der Waals surface area contributed by atoms with Crippen molar-refractivity contribution < 1.29 is 8.42 Å². The van der Waals surface area contributed by atoms with Gasteiger partial charge in [0.25, 0.3) is 0 Å². The van der Waals surface area contributed by atoms with Crippen molar-refractivity contribution in [2.45, 2.75) is 24.7 Å². The van der Waals surface area contributed by atoms with E-state index in [-0.39, 0.29) is 0 Å². The molecular formula is C19H25N3O2S. The van der Waals surface area contributed by atoms with Gasteiger partial charge >= 0.3 is 0 Å². The molecule has 2 aromatic carbocycles. The minimum atomic E-state index is -3.45. The highest BCUT2D eigenvalue weighted by Crippen LogP contribution is 2.23. The molecule has 1 saturated heterocycles. The molecule has 1 aliphatic rings. The van der Waals surface area contributed by atoms with Gasteiger partial charge in [-0.05, 0) is 47.9 Å². The number of piperazine rings is 1. The standard InChI is InChI=1S/C19H25N3O2S/c1-15(2)16-3-7-18(8-4-16)21-11-13-22(14-12-21)25(23,24)19-9-5-17(20)6-10-19/h3-10,15H,11-14,20H2,1-2H3. The van der Waals surface area contributed by atoms with Crippen LogP contribution in [-0.4, -0.2) is 38.9 Å². The quantitative estimate of drug-likeness (QED) is 0.853. The molecule has 2 N–H and O–H groups in total. The van der Waals surface area contributed by atoms with E-state index in [0.717, 1.165) is 5.69 Å². The number of nitrogen functional groups attached to an aromatic ring is 1. The third-order valence-corrected chi connectivity index (χ3v) is 6.59. The van der Waals surface area contributed by atoms with Gasteiger partial charge in [0.2, 0.25) is 10.0 Å². The third-order valence-electron chi connectivity index (χ3n) is 4.68. The number of nitrogens with zero attached hydrogens (tertiary/aromatic N) is 2. The molecule has 6 heteroatoms. The Balaban J connectivity index is 1.68.